The van der Waals surface area contributed by atoms with Gasteiger partial charge in [0.15, 0.2) is 0 Å². The number of ether oxygens (including phenoxy) is 1. The topological polar surface area (TPSA) is 95.9 Å². The fraction of sp³-hybridized carbons (Fsp3) is 0.464. The van der Waals surface area contributed by atoms with E-state index in [1.807, 2.05) is 24.3 Å². The number of likely N-dealkylation sites (tertiary alicyclic amines) is 1. The van der Waals surface area contributed by atoms with Crippen LogP contribution in [0.5, 0.6) is 0 Å². The van der Waals surface area contributed by atoms with Gasteiger partial charge in [0.05, 0.1) is 0 Å². The van der Waals surface area contributed by atoms with E-state index in [9.17, 15) is 19.5 Å². The number of carboxylic acids is 1. The van der Waals surface area contributed by atoms with Gasteiger partial charge in [0.1, 0.15) is 12.6 Å². The molecular formula is C28H32N2O5. The van der Waals surface area contributed by atoms with Crippen LogP contribution in [-0.2, 0) is 14.3 Å². The van der Waals surface area contributed by atoms with Crippen LogP contribution in [0.3, 0.4) is 0 Å². The van der Waals surface area contributed by atoms with E-state index in [0.29, 0.717) is 19.5 Å². The summed E-state index contributed by atoms with van der Waals surface area (Å²) in [5, 5.41) is 12.4. The summed E-state index contributed by atoms with van der Waals surface area (Å²) in [7, 11) is 0. The molecule has 7 heteroatoms. The molecule has 1 saturated heterocycles. The van der Waals surface area contributed by atoms with Crippen molar-refractivity contribution in [2.45, 2.75) is 56.9 Å². The number of nitrogens with one attached hydrogen (secondary N) is 1. The monoisotopic (exact) mass is 476 g/mol. The Labute approximate surface area is 205 Å². The van der Waals surface area contributed by atoms with Gasteiger partial charge >= 0.3 is 12.1 Å². The molecule has 35 heavy (non-hydrogen) atoms. The number of carbonyl (C=O) groups is 3. The van der Waals surface area contributed by atoms with Crippen LogP contribution in [-0.4, -0.2) is 53.7 Å². The molecule has 0 radical (unpaired) electrons. The maximum absolute atomic E-state index is 13.0. The standard InChI is InChI=1S/C28H32N2O5/c31-25(30-15-6-5-12-24(30)26(32)33)16-28(13-7-14-28)18-29-27(34)35-17-23-21-10-3-1-8-19(21)20-9-2-4-11-22(20)23/h1-4,8-11,23-24H,5-7,12-18H2,(H,29,34)(H,32,33)/t24-/m0/s1. The summed E-state index contributed by atoms with van der Waals surface area (Å²) in [6.45, 7) is 1.10. The second-order valence-corrected chi connectivity index (χ2v) is 10.1. The van der Waals surface area contributed by atoms with Crippen LogP contribution in [0.1, 0.15) is 62.0 Å². The third-order valence-electron chi connectivity index (χ3n) is 8.00. The molecule has 2 aromatic rings. The molecule has 2 aromatic carbocycles. The predicted molar refractivity (Wildman–Crippen MR) is 131 cm³/mol. The van der Waals surface area contributed by atoms with E-state index in [-0.39, 0.29) is 30.3 Å². The SMILES string of the molecule is O=C(NCC1(CC(=O)N2CCCC[C@H]2C(=O)O)CCC1)OCC1c2ccccc2-c2ccccc21. The molecule has 0 aromatic heterocycles. The minimum atomic E-state index is -0.933. The van der Waals surface area contributed by atoms with Crippen LogP contribution < -0.4 is 5.32 Å². The first-order valence-corrected chi connectivity index (χ1v) is 12.6. The molecule has 7 nitrogen and oxygen atoms in total. The van der Waals surface area contributed by atoms with Crippen LogP contribution in [0.2, 0.25) is 0 Å². The highest BCUT2D eigenvalue weighted by Gasteiger charge is 2.42. The Kier molecular flexibility index (Phi) is 6.50. The third kappa shape index (κ3) is 4.64. The van der Waals surface area contributed by atoms with Crippen molar-refractivity contribution in [2.75, 3.05) is 19.7 Å². The zero-order valence-corrected chi connectivity index (χ0v) is 19.9. The van der Waals surface area contributed by atoms with Crippen LogP contribution in [0.4, 0.5) is 4.79 Å². The minimum Gasteiger partial charge on any atom is -0.480 e. The molecule has 1 saturated carbocycles. The second kappa shape index (κ2) is 9.72. The molecule has 5 rings (SSSR count). The van der Waals surface area contributed by atoms with Gasteiger partial charge in [0.25, 0.3) is 0 Å². The Morgan fingerprint density at radius 1 is 0.971 bits per heavy atom. The lowest BCUT2D eigenvalue weighted by Crippen LogP contribution is -2.51. The molecule has 0 bridgehead atoms. The van der Waals surface area contributed by atoms with E-state index in [1.54, 1.807) is 0 Å². The molecule has 1 heterocycles. The maximum atomic E-state index is 13.0. The molecule has 2 N–H and O–H groups in total. The Morgan fingerprint density at radius 2 is 1.63 bits per heavy atom. The number of carboxylic acid groups (broad SMARTS) is 1. The number of carbonyl (C=O) groups excluding carboxylic acids is 2. The molecule has 2 amide bonds. The summed E-state index contributed by atoms with van der Waals surface area (Å²) in [5.74, 6) is -1.05. The molecule has 1 aliphatic heterocycles. The zero-order chi connectivity index (χ0) is 24.4. The Bertz CT molecular complexity index is 1080. The van der Waals surface area contributed by atoms with Crippen LogP contribution >= 0.6 is 0 Å². The molecule has 184 valence electrons. The summed E-state index contributed by atoms with van der Waals surface area (Å²) in [6, 6.07) is 15.7. The smallest absolute Gasteiger partial charge is 0.407 e. The molecular weight excluding hydrogens is 444 g/mol. The highest BCUT2D eigenvalue weighted by Crippen LogP contribution is 2.45. The Balaban J connectivity index is 1.17. The predicted octanol–water partition coefficient (Wildman–Crippen LogP) is 4.55. The van der Waals surface area contributed by atoms with Gasteiger partial charge in [-0.3, -0.25) is 4.79 Å². The number of piperidine rings is 1. The Hall–Kier alpha value is -3.35. The third-order valence-corrected chi connectivity index (χ3v) is 8.00. The van der Waals surface area contributed by atoms with E-state index in [4.69, 9.17) is 4.74 Å². The van der Waals surface area contributed by atoms with Crippen LogP contribution in [0.15, 0.2) is 48.5 Å². The number of fused-ring (bicyclic) bond motifs is 3. The van der Waals surface area contributed by atoms with Crippen molar-refractivity contribution in [1.29, 1.82) is 0 Å². The lowest BCUT2D eigenvalue weighted by Gasteiger charge is -2.43. The van der Waals surface area contributed by atoms with Crippen molar-refractivity contribution < 1.29 is 24.2 Å². The number of hydrogen-bond donors (Lipinski definition) is 2. The van der Waals surface area contributed by atoms with Crippen molar-refractivity contribution in [3.8, 4) is 11.1 Å². The number of rotatable bonds is 7. The molecule has 0 spiro atoms. The van der Waals surface area contributed by atoms with E-state index < -0.39 is 18.1 Å². The summed E-state index contributed by atoms with van der Waals surface area (Å²) >= 11 is 0. The number of aliphatic carboxylic acids is 1. The number of nitrogens with zero attached hydrogens (tertiary/aromatic N) is 1. The molecule has 1 atom stereocenters. The van der Waals surface area contributed by atoms with E-state index in [0.717, 1.165) is 43.2 Å². The number of alkyl carbamates (subject to hydrolysis) is 1. The normalized spacial score (nSPS) is 20.3. The summed E-state index contributed by atoms with van der Waals surface area (Å²) in [4.78, 5) is 38.8. The van der Waals surface area contributed by atoms with Gasteiger partial charge in [-0.1, -0.05) is 55.0 Å². The first kappa shape index (κ1) is 23.4. The van der Waals surface area contributed by atoms with Crippen molar-refractivity contribution in [3.63, 3.8) is 0 Å². The van der Waals surface area contributed by atoms with Crippen molar-refractivity contribution in [3.05, 3.63) is 59.7 Å². The largest absolute Gasteiger partial charge is 0.480 e. The summed E-state index contributed by atoms with van der Waals surface area (Å²) in [5.41, 5.74) is 4.38. The molecule has 2 aliphatic carbocycles. The summed E-state index contributed by atoms with van der Waals surface area (Å²) < 4.78 is 5.65. The average Bonchev–Trinajstić information content (AvgIpc) is 3.17. The number of hydrogen-bond acceptors (Lipinski definition) is 4. The van der Waals surface area contributed by atoms with Gasteiger partial charge < -0.3 is 20.1 Å². The fourth-order valence-electron chi connectivity index (χ4n) is 5.91. The lowest BCUT2D eigenvalue weighted by atomic mass is 9.66. The van der Waals surface area contributed by atoms with E-state index in [2.05, 4.69) is 29.6 Å². The molecule has 3 aliphatic rings. The number of amides is 2. The van der Waals surface area contributed by atoms with Gasteiger partial charge in [-0.15, -0.1) is 0 Å². The summed E-state index contributed by atoms with van der Waals surface area (Å²) in [6.07, 6.45) is 4.64. The lowest BCUT2D eigenvalue weighted by molar-refractivity contribution is -0.153. The van der Waals surface area contributed by atoms with Crippen LogP contribution in [0.25, 0.3) is 11.1 Å². The fourth-order valence-corrected chi connectivity index (χ4v) is 5.91. The Morgan fingerprint density at radius 3 is 2.23 bits per heavy atom. The van der Waals surface area contributed by atoms with Crippen molar-refractivity contribution >= 4 is 18.0 Å². The van der Waals surface area contributed by atoms with Crippen molar-refractivity contribution in [2.24, 2.45) is 5.41 Å². The maximum Gasteiger partial charge on any atom is 0.407 e. The highest BCUT2D eigenvalue weighted by molar-refractivity contribution is 5.84. The van der Waals surface area contributed by atoms with E-state index in [1.165, 1.54) is 16.0 Å². The zero-order valence-electron chi connectivity index (χ0n) is 19.9. The number of benzene rings is 2. The van der Waals surface area contributed by atoms with Gasteiger partial charge in [0, 0.05) is 25.4 Å². The van der Waals surface area contributed by atoms with Gasteiger partial charge in [-0.25, -0.2) is 9.59 Å². The first-order valence-electron chi connectivity index (χ1n) is 12.6. The minimum absolute atomic E-state index is 0.000514. The quantitative estimate of drug-likeness (QED) is 0.611. The van der Waals surface area contributed by atoms with Crippen molar-refractivity contribution in [1.82, 2.24) is 10.2 Å². The highest BCUT2D eigenvalue weighted by atomic mass is 16.5. The first-order chi connectivity index (χ1) is 17.0. The second-order valence-electron chi connectivity index (χ2n) is 10.1. The van der Waals surface area contributed by atoms with Gasteiger partial charge in [-0.2, -0.15) is 0 Å². The van der Waals surface area contributed by atoms with Crippen LogP contribution in [0, 0.1) is 5.41 Å². The van der Waals surface area contributed by atoms with Gasteiger partial charge in [0.2, 0.25) is 5.91 Å². The molecule has 2 fully saturated rings. The van der Waals surface area contributed by atoms with Gasteiger partial charge in [-0.05, 0) is 59.8 Å². The molecule has 0 unspecified atom stereocenters. The average molecular weight is 477 g/mol. The van der Waals surface area contributed by atoms with E-state index >= 15 is 0 Å².